The number of phenols is 4. The molecule has 8 N–H and O–H groups in total. The molecule has 16 nitrogen and oxygen atoms in total. The molecule has 46 heavy (non-hydrogen) atoms. The highest BCUT2D eigenvalue weighted by Crippen LogP contribution is 2.31. The van der Waals surface area contributed by atoms with Crippen molar-refractivity contribution >= 4 is 18.0 Å². The van der Waals surface area contributed by atoms with Gasteiger partial charge >= 0.3 is 11.9 Å². The van der Waals surface area contributed by atoms with E-state index in [4.69, 9.17) is 28.4 Å². The second-order valence-corrected chi connectivity index (χ2v) is 10.6. The van der Waals surface area contributed by atoms with Crippen molar-refractivity contribution < 1.29 is 78.9 Å². The van der Waals surface area contributed by atoms with Gasteiger partial charge in [-0.25, -0.2) is 4.79 Å². The average Bonchev–Trinajstić information content (AvgIpc) is 3.01. The van der Waals surface area contributed by atoms with Gasteiger partial charge < -0.3 is 69.3 Å². The molecule has 2 fully saturated rings. The molecular weight excluding hydrogens is 616 g/mol. The van der Waals surface area contributed by atoms with E-state index in [0.717, 1.165) is 13.0 Å². The normalized spacial score (nSPS) is 29.8. The molecular formula is C30H36O16. The van der Waals surface area contributed by atoms with Gasteiger partial charge in [-0.15, -0.1) is 0 Å². The molecule has 2 aliphatic rings. The van der Waals surface area contributed by atoms with E-state index < -0.39 is 86.2 Å². The number of aliphatic hydroxyl groups is 4. The summed E-state index contributed by atoms with van der Waals surface area (Å²) in [7, 11) is 0. The lowest BCUT2D eigenvalue weighted by Gasteiger charge is -2.45. The van der Waals surface area contributed by atoms with Crippen molar-refractivity contribution in [1.82, 2.24) is 0 Å². The van der Waals surface area contributed by atoms with Crippen LogP contribution in [0, 0.1) is 0 Å². The van der Waals surface area contributed by atoms with Crippen LogP contribution < -0.4 is 0 Å². The topological polar surface area (TPSA) is 251 Å². The van der Waals surface area contributed by atoms with E-state index in [-0.39, 0.29) is 30.3 Å². The van der Waals surface area contributed by atoms with E-state index in [1.807, 2.05) is 0 Å². The minimum Gasteiger partial charge on any atom is -0.504 e. The smallest absolute Gasteiger partial charge is 0.330 e. The fraction of sp³-hybridized carbons (Fsp3) is 0.467. The van der Waals surface area contributed by atoms with E-state index in [0.29, 0.717) is 11.1 Å². The summed E-state index contributed by atoms with van der Waals surface area (Å²) in [5.74, 6) is -3.11. The minimum absolute atomic E-state index is 0.0996. The highest BCUT2D eigenvalue weighted by molar-refractivity contribution is 5.87. The summed E-state index contributed by atoms with van der Waals surface area (Å²) in [6.45, 7) is -0.0115. The third-order valence-electron chi connectivity index (χ3n) is 7.18. The lowest BCUT2D eigenvalue weighted by molar-refractivity contribution is -0.349. The number of esters is 2. The van der Waals surface area contributed by atoms with E-state index in [1.54, 1.807) is 0 Å². The van der Waals surface area contributed by atoms with Gasteiger partial charge in [0.05, 0.1) is 13.2 Å². The molecule has 4 rings (SSSR count). The lowest BCUT2D eigenvalue weighted by Crippen LogP contribution is -2.64. The summed E-state index contributed by atoms with van der Waals surface area (Å²) in [4.78, 5) is 24.5. The predicted octanol–water partition coefficient (Wildman–Crippen LogP) is -0.834. The van der Waals surface area contributed by atoms with Crippen LogP contribution in [0.15, 0.2) is 42.5 Å². The van der Waals surface area contributed by atoms with E-state index in [1.165, 1.54) is 42.5 Å². The van der Waals surface area contributed by atoms with Crippen LogP contribution in [0.1, 0.15) is 18.1 Å². The summed E-state index contributed by atoms with van der Waals surface area (Å²) < 4.78 is 33.4. The zero-order chi connectivity index (χ0) is 33.5. The van der Waals surface area contributed by atoms with Gasteiger partial charge in [-0.3, -0.25) is 4.79 Å². The number of rotatable bonds is 11. The lowest BCUT2D eigenvalue weighted by atomic mass is 9.98. The van der Waals surface area contributed by atoms with Gasteiger partial charge in [0.15, 0.2) is 41.7 Å². The summed E-state index contributed by atoms with van der Waals surface area (Å²) in [6, 6.07) is 8.01. The largest absolute Gasteiger partial charge is 0.504 e. The molecule has 0 saturated carbocycles. The van der Waals surface area contributed by atoms with Crippen LogP contribution in [-0.4, -0.2) is 128 Å². The molecule has 2 aromatic rings. The van der Waals surface area contributed by atoms with Crippen molar-refractivity contribution in [2.24, 2.45) is 0 Å². The number of hydrogen-bond acceptors (Lipinski definition) is 16. The fourth-order valence-electron chi connectivity index (χ4n) is 4.73. The molecule has 0 radical (unpaired) electrons. The Hall–Kier alpha value is -4.00. The molecule has 0 aliphatic carbocycles. The van der Waals surface area contributed by atoms with Crippen LogP contribution in [0.4, 0.5) is 0 Å². The zero-order valence-corrected chi connectivity index (χ0v) is 24.5. The fourth-order valence-corrected chi connectivity index (χ4v) is 4.73. The molecule has 2 heterocycles. The molecule has 2 saturated heterocycles. The van der Waals surface area contributed by atoms with Gasteiger partial charge in [0.2, 0.25) is 0 Å². The number of benzene rings is 2. The molecule has 9 atom stereocenters. The Morgan fingerprint density at radius 2 is 1.57 bits per heavy atom. The Morgan fingerprint density at radius 1 is 0.870 bits per heavy atom. The van der Waals surface area contributed by atoms with Crippen molar-refractivity contribution in [3.63, 3.8) is 0 Å². The molecule has 16 heteroatoms. The molecule has 0 bridgehead atoms. The maximum absolute atomic E-state index is 12.5. The van der Waals surface area contributed by atoms with Gasteiger partial charge in [-0.1, -0.05) is 12.1 Å². The number of aliphatic hydroxyl groups excluding tert-OH is 4. The second-order valence-electron chi connectivity index (χ2n) is 10.6. The van der Waals surface area contributed by atoms with Crippen LogP contribution in [0.2, 0.25) is 0 Å². The first kappa shape index (κ1) is 34.9. The van der Waals surface area contributed by atoms with Crippen molar-refractivity contribution in [2.75, 3.05) is 19.8 Å². The molecule has 2 aromatic carbocycles. The highest BCUT2D eigenvalue weighted by Gasteiger charge is 2.52. The van der Waals surface area contributed by atoms with Crippen molar-refractivity contribution in [2.45, 2.75) is 68.7 Å². The third-order valence-corrected chi connectivity index (χ3v) is 7.18. The first-order valence-electron chi connectivity index (χ1n) is 14.1. The first-order chi connectivity index (χ1) is 21.8. The van der Waals surface area contributed by atoms with E-state index >= 15 is 0 Å². The van der Waals surface area contributed by atoms with Crippen molar-refractivity contribution in [1.29, 1.82) is 0 Å². The van der Waals surface area contributed by atoms with Gasteiger partial charge in [0.1, 0.15) is 43.2 Å². The summed E-state index contributed by atoms with van der Waals surface area (Å²) in [5.41, 5.74) is 0.932. The van der Waals surface area contributed by atoms with Crippen LogP contribution in [0.3, 0.4) is 0 Å². The number of ether oxygens (including phenoxy) is 6. The SMILES string of the molecule is CC(=O)O[C@H]1[C@H](OCCc2ccc(O)c(O)c2)O[C@H](COC(=O)/C=C/c2ccc(O)c(O)c2)[C@@H](O)[C@@H]1O[C@@H]1OC[C@@H](O)[C@H](O)[C@H]1O. The quantitative estimate of drug-likeness (QED) is 0.0837. The Labute approximate surface area is 262 Å². The monoisotopic (exact) mass is 652 g/mol. The van der Waals surface area contributed by atoms with Crippen molar-refractivity contribution in [3.05, 3.63) is 53.6 Å². The van der Waals surface area contributed by atoms with Crippen molar-refractivity contribution in [3.8, 4) is 23.0 Å². The third kappa shape index (κ3) is 8.83. The number of carbonyl (C=O) groups excluding carboxylic acids is 2. The molecule has 0 unspecified atom stereocenters. The summed E-state index contributed by atoms with van der Waals surface area (Å²) in [6.07, 6.45) is -11.4. The Balaban J connectivity index is 1.51. The average molecular weight is 653 g/mol. The Kier molecular flexibility index (Phi) is 11.8. The minimum atomic E-state index is -1.76. The van der Waals surface area contributed by atoms with E-state index in [2.05, 4.69) is 0 Å². The Bertz CT molecular complexity index is 1380. The van der Waals surface area contributed by atoms with Gasteiger partial charge in [-0.2, -0.15) is 0 Å². The van der Waals surface area contributed by atoms with Crippen LogP contribution in [0.25, 0.3) is 6.08 Å². The van der Waals surface area contributed by atoms with E-state index in [9.17, 15) is 50.4 Å². The summed E-state index contributed by atoms with van der Waals surface area (Å²) >= 11 is 0. The molecule has 0 amide bonds. The van der Waals surface area contributed by atoms with Crippen LogP contribution in [0.5, 0.6) is 23.0 Å². The standard InChI is InChI=1S/C30H36O16/c1-14(31)44-28-27(46-29-26(40)24(38)21(36)12-43-29)25(39)22(13-42-23(37)7-4-15-2-5-17(32)19(34)10-15)45-30(28)41-9-8-16-3-6-18(33)20(35)11-16/h2-7,10-11,21-22,24-30,32-36,38-40H,8-9,12-13H2,1H3/b7-4+/t21-,22-,24+,25-,26-,27+,28-,29+,30-/m1/s1. The number of carbonyl (C=O) groups is 2. The molecule has 252 valence electrons. The number of hydrogen-bond donors (Lipinski definition) is 8. The van der Waals surface area contributed by atoms with Gasteiger partial charge in [0.25, 0.3) is 0 Å². The molecule has 0 aromatic heterocycles. The van der Waals surface area contributed by atoms with Gasteiger partial charge in [-0.05, 0) is 47.9 Å². The maximum atomic E-state index is 12.5. The van der Waals surface area contributed by atoms with Crippen LogP contribution in [-0.2, 0) is 44.4 Å². The number of phenolic OH excluding ortho intramolecular Hbond substituents is 4. The zero-order valence-electron chi connectivity index (χ0n) is 24.5. The van der Waals surface area contributed by atoms with Gasteiger partial charge in [0, 0.05) is 13.0 Å². The molecule has 0 spiro atoms. The van der Waals surface area contributed by atoms with Crippen LogP contribution >= 0.6 is 0 Å². The highest BCUT2D eigenvalue weighted by atomic mass is 16.7. The first-order valence-corrected chi connectivity index (χ1v) is 14.1. The number of aromatic hydroxyl groups is 4. The predicted molar refractivity (Wildman–Crippen MR) is 152 cm³/mol. The Morgan fingerprint density at radius 3 is 2.24 bits per heavy atom. The summed E-state index contributed by atoms with van der Waals surface area (Å²) in [5, 5.41) is 80.0. The molecule has 2 aliphatic heterocycles. The second kappa shape index (κ2) is 15.5. The maximum Gasteiger partial charge on any atom is 0.330 e.